The summed E-state index contributed by atoms with van der Waals surface area (Å²) in [6.07, 6.45) is 1.09. The van der Waals surface area contributed by atoms with E-state index in [0.717, 1.165) is 6.16 Å². The van der Waals surface area contributed by atoms with Crippen LogP contribution in [0.5, 0.6) is 0 Å². The van der Waals surface area contributed by atoms with Crippen molar-refractivity contribution in [3.05, 3.63) is 91.0 Å². The summed E-state index contributed by atoms with van der Waals surface area (Å²) in [5.74, 6) is 0.401. The molecule has 0 aromatic heterocycles. The number of rotatable bonds is 8. The number of benzene rings is 3. The van der Waals surface area contributed by atoms with Gasteiger partial charge in [0.2, 0.25) is 0 Å². The second-order valence-corrected chi connectivity index (χ2v) is 17.7. The van der Waals surface area contributed by atoms with E-state index < -0.39 is 15.6 Å². The quantitative estimate of drug-likeness (QED) is 0.300. The van der Waals surface area contributed by atoms with Crippen LogP contribution in [0.4, 0.5) is 0 Å². The molecule has 1 atom stereocenters. The van der Waals surface area contributed by atoms with E-state index in [1.807, 2.05) is 0 Å². The molecule has 0 spiro atoms. The van der Waals surface area contributed by atoms with Gasteiger partial charge in [0.15, 0.2) is 8.32 Å². The smallest absolute Gasteiger partial charge is 0.184 e. The lowest BCUT2D eigenvalue weighted by Crippen LogP contribution is -2.46. The van der Waals surface area contributed by atoms with Crippen molar-refractivity contribution in [1.82, 2.24) is 0 Å². The first-order valence-corrected chi connectivity index (χ1v) is 16.3. The van der Waals surface area contributed by atoms with E-state index in [9.17, 15) is 0 Å². The maximum atomic E-state index is 6.70. The molecule has 3 heteroatoms. The SMILES string of the molecule is C[C@@H](C[P+](c1ccccc1)(c1ccccc1)c1ccccc1)C(C)(C)O[Si](C)(C)C. The molecule has 0 unspecified atom stereocenters. The molecule has 0 fully saturated rings. The van der Waals surface area contributed by atoms with Crippen molar-refractivity contribution in [3.63, 3.8) is 0 Å². The molecule has 0 saturated carbocycles. The van der Waals surface area contributed by atoms with E-state index in [1.165, 1.54) is 15.9 Å². The molecule has 0 bridgehead atoms. The van der Waals surface area contributed by atoms with Crippen LogP contribution >= 0.6 is 7.26 Å². The van der Waals surface area contributed by atoms with Crippen LogP contribution in [0.2, 0.25) is 19.6 Å². The van der Waals surface area contributed by atoms with E-state index in [1.54, 1.807) is 0 Å². The van der Waals surface area contributed by atoms with Crippen molar-refractivity contribution < 1.29 is 4.43 Å². The third-order valence-corrected chi connectivity index (χ3v) is 11.7. The predicted octanol–water partition coefficient (Wildman–Crippen LogP) is 6.25. The highest BCUT2D eigenvalue weighted by Gasteiger charge is 2.49. The summed E-state index contributed by atoms with van der Waals surface area (Å²) in [6.45, 7) is 13.8. The van der Waals surface area contributed by atoms with Gasteiger partial charge < -0.3 is 4.43 Å². The highest BCUT2D eigenvalue weighted by Crippen LogP contribution is 2.57. The van der Waals surface area contributed by atoms with Gasteiger partial charge in [0.05, 0.1) is 11.8 Å². The largest absolute Gasteiger partial charge is 0.412 e. The molecule has 0 heterocycles. The van der Waals surface area contributed by atoms with Gasteiger partial charge in [-0.3, -0.25) is 0 Å². The predicted molar refractivity (Wildman–Crippen MR) is 138 cm³/mol. The Hall–Kier alpha value is -1.73. The molecule has 0 N–H and O–H groups in total. The van der Waals surface area contributed by atoms with Crippen molar-refractivity contribution in [2.45, 2.75) is 46.0 Å². The fourth-order valence-corrected chi connectivity index (χ4v) is 10.9. The van der Waals surface area contributed by atoms with Gasteiger partial charge in [0.1, 0.15) is 23.2 Å². The molecule has 158 valence electrons. The van der Waals surface area contributed by atoms with Crippen LogP contribution in [-0.2, 0) is 4.43 Å². The maximum Gasteiger partial charge on any atom is 0.184 e. The van der Waals surface area contributed by atoms with Crippen LogP contribution in [0.25, 0.3) is 0 Å². The summed E-state index contributed by atoms with van der Waals surface area (Å²) >= 11 is 0. The highest BCUT2D eigenvalue weighted by atomic mass is 31.2. The molecule has 0 radical (unpaired) electrons. The van der Waals surface area contributed by atoms with Gasteiger partial charge in [0.25, 0.3) is 0 Å². The Morgan fingerprint density at radius 3 is 1.33 bits per heavy atom. The highest BCUT2D eigenvalue weighted by molar-refractivity contribution is 7.95. The zero-order chi connectivity index (χ0) is 21.8. The van der Waals surface area contributed by atoms with Crippen molar-refractivity contribution >= 4 is 31.5 Å². The lowest BCUT2D eigenvalue weighted by Gasteiger charge is -2.40. The van der Waals surface area contributed by atoms with Crippen LogP contribution in [0, 0.1) is 5.92 Å². The van der Waals surface area contributed by atoms with Crippen molar-refractivity contribution in [1.29, 1.82) is 0 Å². The number of hydrogen-bond donors (Lipinski definition) is 0. The first-order chi connectivity index (χ1) is 14.2. The van der Waals surface area contributed by atoms with Gasteiger partial charge in [-0.1, -0.05) is 61.5 Å². The molecule has 0 aliphatic heterocycles. The third-order valence-electron chi connectivity index (χ3n) is 5.89. The molecule has 3 aromatic rings. The zero-order valence-corrected chi connectivity index (χ0v) is 21.2. The normalized spacial score (nSPS) is 13.8. The van der Waals surface area contributed by atoms with Crippen molar-refractivity contribution in [3.8, 4) is 0 Å². The fourth-order valence-electron chi connectivity index (χ4n) is 4.33. The van der Waals surface area contributed by atoms with Gasteiger partial charge in [0, 0.05) is 5.92 Å². The minimum absolute atomic E-state index is 0.173. The minimum atomic E-state index is -1.84. The van der Waals surface area contributed by atoms with Crippen molar-refractivity contribution in [2.75, 3.05) is 6.16 Å². The Kier molecular flexibility index (Phi) is 7.02. The average Bonchev–Trinajstić information content (AvgIpc) is 2.72. The van der Waals surface area contributed by atoms with Gasteiger partial charge in [-0.15, -0.1) is 0 Å². The van der Waals surface area contributed by atoms with Crippen molar-refractivity contribution in [2.24, 2.45) is 5.92 Å². The van der Waals surface area contributed by atoms with Crippen LogP contribution < -0.4 is 15.9 Å². The van der Waals surface area contributed by atoms with E-state index >= 15 is 0 Å². The molecule has 0 saturated heterocycles. The average molecular weight is 436 g/mol. The van der Waals surface area contributed by atoms with Gasteiger partial charge in [-0.2, -0.15) is 0 Å². The Morgan fingerprint density at radius 2 is 1.03 bits per heavy atom. The Bertz CT molecular complexity index is 821. The van der Waals surface area contributed by atoms with E-state index in [4.69, 9.17) is 4.43 Å². The van der Waals surface area contributed by atoms with Crippen LogP contribution in [0.15, 0.2) is 91.0 Å². The monoisotopic (exact) mass is 435 g/mol. The number of hydrogen-bond acceptors (Lipinski definition) is 1. The van der Waals surface area contributed by atoms with Crippen LogP contribution in [0.1, 0.15) is 20.8 Å². The summed E-state index contributed by atoms with van der Waals surface area (Å²) in [5.41, 5.74) is -0.173. The summed E-state index contributed by atoms with van der Waals surface area (Å²) in [5, 5.41) is 4.33. The van der Waals surface area contributed by atoms with Gasteiger partial charge >= 0.3 is 0 Å². The molecule has 0 aliphatic rings. The Balaban J connectivity index is 2.19. The Labute approximate surface area is 185 Å². The minimum Gasteiger partial charge on any atom is -0.412 e. The fraction of sp³-hybridized carbons (Fsp3) is 0.333. The molecule has 30 heavy (non-hydrogen) atoms. The summed E-state index contributed by atoms with van der Waals surface area (Å²) < 4.78 is 6.70. The molecule has 3 aromatic carbocycles. The Morgan fingerprint density at radius 1 is 0.700 bits per heavy atom. The molecule has 3 rings (SSSR count). The zero-order valence-electron chi connectivity index (χ0n) is 19.3. The summed E-state index contributed by atoms with van der Waals surface area (Å²) in [6, 6.07) is 33.4. The second-order valence-electron chi connectivity index (χ2n) is 9.72. The third kappa shape index (κ3) is 5.11. The van der Waals surface area contributed by atoms with E-state index in [-0.39, 0.29) is 5.60 Å². The first-order valence-electron chi connectivity index (χ1n) is 10.9. The van der Waals surface area contributed by atoms with Crippen LogP contribution in [0.3, 0.4) is 0 Å². The summed E-state index contributed by atoms with van der Waals surface area (Å²) in [7, 11) is -3.49. The molecular formula is C27H36OPSi+. The molecule has 0 amide bonds. The lowest BCUT2D eigenvalue weighted by atomic mass is 9.95. The van der Waals surface area contributed by atoms with Crippen LogP contribution in [-0.4, -0.2) is 20.1 Å². The summed E-state index contributed by atoms with van der Waals surface area (Å²) in [4.78, 5) is 0. The van der Waals surface area contributed by atoms with Gasteiger partial charge in [-0.05, 0) is 69.9 Å². The van der Waals surface area contributed by atoms with E-state index in [0.29, 0.717) is 5.92 Å². The first kappa shape index (κ1) is 22.9. The standard InChI is InChI=1S/C27H36OPSi/c1-23(27(2,3)28-30(4,5)6)22-29(24-16-10-7-11-17-24,25-18-12-8-13-19-25)26-20-14-9-15-21-26/h7-21,23H,22H2,1-6H3/q+1/t23-/m0/s1. The maximum absolute atomic E-state index is 6.70. The molecule has 1 nitrogen and oxygen atoms in total. The lowest BCUT2D eigenvalue weighted by molar-refractivity contribution is 0.0537. The topological polar surface area (TPSA) is 9.23 Å². The molecular weight excluding hydrogens is 399 g/mol. The second kappa shape index (κ2) is 9.18. The van der Waals surface area contributed by atoms with E-state index in [2.05, 4.69) is 131 Å². The molecule has 0 aliphatic carbocycles. The van der Waals surface area contributed by atoms with Gasteiger partial charge in [-0.25, -0.2) is 0 Å².